The molecule has 27 heavy (non-hydrogen) atoms. The van der Waals surface area contributed by atoms with Gasteiger partial charge in [-0.15, -0.1) is 10.2 Å². The number of carbonyl (C=O) groups excluding carboxylic acids is 1. The van der Waals surface area contributed by atoms with E-state index in [0.717, 1.165) is 0 Å². The number of rotatable bonds is 4. The first-order valence-electron chi connectivity index (χ1n) is 8.49. The fraction of sp³-hybridized carbons (Fsp3) is 0.316. The SMILES string of the molecule is COc1ccc(-n2nc(C(=O)N(C)C(C)(C)C)cc2-c2ccccn2)nn1. The van der Waals surface area contributed by atoms with Crippen LogP contribution in [-0.4, -0.2) is 55.5 Å². The van der Waals surface area contributed by atoms with E-state index >= 15 is 0 Å². The van der Waals surface area contributed by atoms with Crippen LogP contribution < -0.4 is 4.74 Å². The summed E-state index contributed by atoms with van der Waals surface area (Å²) in [6, 6.07) is 10.7. The van der Waals surface area contributed by atoms with Crippen molar-refractivity contribution in [1.82, 2.24) is 29.9 Å². The van der Waals surface area contributed by atoms with Crippen molar-refractivity contribution in [3.05, 3.63) is 48.3 Å². The first kappa shape index (κ1) is 18.5. The van der Waals surface area contributed by atoms with Gasteiger partial charge in [0.25, 0.3) is 5.91 Å². The quantitative estimate of drug-likeness (QED) is 0.705. The zero-order chi connectivity index (χ0) is 19.6. The number of hydrogen-bond donors (Lipinski definition) is 0. The van der Waals surface area contributed by atoms with E-state index in [0.29, 0.717) is 28.8 Å². The molecule has 0 atom stereocenters. The zero-order valence-electron chi connectivity index (χ0n) is 16.0. The number of amides is 1. The van der Waals surface area contributed by atoms with E-state index in [9.17, 15) is 4.79 Å². The molecule has 0 spiro atoms. The molecule has 0 saturated heterocycles. The van der Waals surface area contributed by atoms with Crippen LogP contribution in [0, 0.1) is 0 Å². The first-order valence-corrected chi connectivity index (χ1v) is 8.49. The maximum atomic E-state index is 12.9. The molecule has 140 valence electrons. The van der Waals surface area contributed by atoms with Crippen LogP contribution in [0.5, 0.6) is 5.88 Å². The molecular formula is C19H22N6O2. The highest BCUT2D eigenvalue weighted by Gasteiger charge is 2.27. The Labute approximate surface area is 157 Å². The summed E-state index contributed by atoms with van der Waals surface area (Å²) in [6.07, 6.45) is 1.69. The molecular weight excluding hydrogens is 344 g/mol. The molecule has 0 aromatic carbocycles. The Hall–Kier alpha value is -3.29. The lowest BCUT2D eigenvalue weighted by Gasteiger charge is -2.31. The molecule has 8 heteroatoms. The van der Waals surface area contributed by atoms with E-state index in [1.807, 2.05) is 39.0 Å². The van der Waals surface area contributed by atoms with Crippen molar-refractivity contribution >= 4 is 5.91 Å². The summed E-state index contributed by atoms with van der Waals surface area (Å²) in [5.41, 5.74) is 1.32. The zero-order valence-corrected chi connectivity index (χ0v) is 16.0. The Morgan fingerprint density at radius 1 is 1.15 bits per heavy atom. The van der Waals surface area contributed by atoms with Gasteiger partial charge in [0.1, 0.15) is 0 Å². The Morgan fingerprint density at radius 2 is 1.93 bits per heavy atom. The minimum atomic E-state index is -0.327. The number of aromatic nitrogens is 5. The summed E-state index contributed by atoms with van der Waals surface area (Å²) in [4.78, 5) is 18.9. The van der Waals surface area contributed by atoms with Crippen molar-refractivity contribution in [2.24, 2.45) is 0 Å². The van der Waals surface area contributed by atoms with Crippen LogP contribution in [-0.2, 0) is 0 Å². The van der Waals surface area contributed by atoms with Crippen LogP contribution in [0.1, 0.15) is 31.3 Å². The largest absolute Gasteiger partial charge is 0.480 e. The maximum absolute atomic E-state index is 12.9. The average Bonchev–Trinajstić information content (AvgIpc) is 3.12. The van der Waals surface area contributed by atoms with Gasteiger partial charge in [0.05, 0.1) is 18.5 Å². The van der Waals surface area contributed by atoms with E-state index in [2.05, 4.69) is 20.3 Å². The Kier molecular flexibility index (Phi) is 4.89. The number of ether oxygens (including phenoxy) is 1. The Balaban J connectivity index is 2.10. The second kappa shape index (κ2) is 7.14. The fourth-order valence-electron chi connectivity index (χ4n) is 2.37. The van der Waals surface area contributed by atoms with Crippen molar-refractivity contribution in [2.45, 2.75) is 26.3 Å². The molecule has 0 N–H and O–H groups in total. The molecule has 0 aliphatic rings. The minimum Gasteiger partial charge on any atom is -0.480 e. The summed E-state index contributed by atoms with van der Waals surface area (Å²) in [5, 5.41) is 12.6. The third kappa shape index (κ3) is 3.79. The molecule has 0 unspecified atom stereocenters. The molecule has 0 aliphatic heterocycles. The highest BCUT2D eigenvalue weighted by Crippen LogP contribution is 2.23. The Morgan fingerprint density at radius 3 is 2.48 bits per heavy atom. The summed E-state index contributed by atoms with van der Waals surface area (Å²) in [7, 11) is 3.28. The van der Waals surface area contributed by atoms with Gasteiger partial charge in [-0.2, -0.15) is 5.10 Å². The summed E-state index contributed by atoms with van der Waals surface area (Å²) >= 11 is 0. The highest BCUT2D eigenvalue weighted by molar-refractivity contribution is 5.93. The highest BCUT2D eigenvalue weighted by atomic mass is 16.5. The van der Waals surface area contributed by atoms with Crippen molar-refractivity contribution < 1.29 is 9.53 Å². The number of nitrogens with zero attached hydrogens (tertiary/aromatic N) is 6. The van der Waals surface area contributed by atoms with Gasteiger partial charge in [0, 0.05) is 24.8 Å². The molecule has 0 saturated carbocycles. The van der Waals surface area contributed by atoms with Crippen LogP contribution in [0.15, 0.2) is 42.6 Å². The second-order valence-corrected chi connectivity index (χ2v) is 7.01. The third-order valence-electron chi connectivity index (χ3n) is 4.22. The van der Waals surface area contributed by atoms with Gasteiger partial charge in [-0.1, -0.05) is 6.07 Å². The monoisotopic (exact) mass is 366 g/mol. The molecule has 3 aromatic rings. The normalized spacial score (nSPS) is 11.3. The minimum absolute atomic E-state index is 0.181. The van der Waals surface area contributed by atoms with Gasteiger partial charge in [0.2, 0.25) is 5.88 Å². The van der Waals surface area contributed by atoms with Crippen LogP contribution >= 0.6 is 0 Å². The molecule has 0 aliphatic carbocycles. The van der Waals surface area contributed by atoms with E-state index in [1.54, 1.807) is 41.0 Å². The number of methoxy groups -OCH3 is 1. The molecule has 1 amide bonds. The van der Waals surface area contributed by atoms with Crippen LogP contribution in [0.4, 0.5) is 0 Å². The predicted molar refractivity (Wildman–Crippen MR) is 101 cm³/mol. The van der Waals surface area contributed by atoms with Crippen LogP contribution in [0.3, 0.4) is 0 Å². The number of pyridine rings is 1. The number of carbonyl (C=O) groups is 1. The van der Waals surface area contributed by atoms with Crippen molar-refractivity contribution in [2.75, 3.05) is 14.2 Å². The van der Waals surface area contributed by atoms with Gasteiger partial charge < -0.3 is 9.64 Å². The summed E-state index contributed by atoms with van der Waals surface area (Å²) in [6.45, 7) is 5.91. The second-order valence-electron chi connectivity index (χ2n) is 7.01. The van der Waals surface area contributed by atoms with Crippen molar-refractivity contribution in [1.29, 1.82) is 0 Å². The molecule has 3 heterocycles. The lowest BCUT2D eigenvalue weighted by atomic mass is 10.1. The first-order chi connectivity index (χ1) is 12.8. The summed E-state index contributed by atoms with van der Waals surface area (Å²) in [5.74, 6) is 0.683. The van der Waals surface area contributed by atoms with Gasteiger partial charge in [-0.25, -0.2) is 4.68 Å². The third-order valence-corrected chi connectivity index (χ3v) is 4.22. The smallest absolute Gasteiger partial charge is 0.274 e. The van der Waals surface area contributed by atoms with E-state index in [4.69, 9.17) is 4.74 Å². The van der Waals surface area contributed by atoms with E-state index in [-0.39, 0.29) is 11.4 Å². The number of hydrogen-bond acceptors (Lipinski definition) is 6. The molecule has 8 nitrogen and oxygen atoms in total. The van der Waals surface area contributed by atoms with Crippen LogP contribution in [0.25, 0.3) is 17.2 Å². The molecule has 0 bridgehead atoms. The standard InChI is InChI=1S/C19H22N6O2/c1-19(2,3)24(4)18(26)14-12-15(13-8-6-7-11-20-13)25(23-14)16-9-10-17(27-5)22-21-16/h6-12H,1-5H3. The van der Waals surface area contributed by atoms with Gasteiger partial charge in [-0.05, 0) is 45.0 Å². The van der Waals surface area contributed by atoms with Crippen LogP contribution in [0.2, 0.25) is 0 Å². The Bertz CT molecular complexity index is 929. The predicted octanol–water partition coefficient (Wildman–Crippen LogP) is 2.60. The van der Waals surface area contributed by atoms with E-state index in [1.165, 1.54) is 7.11 Å². The van der Waals surface area contributed by atoms with E-state index < -0.39 is 0 Å². The van der Waals surface area contributed by atoms with Gasteiger partial charge in [0.15, 0.2) is 11.5 Å². The fourth-order valence-corrected chi connectivity index (χ4v) is 2.37. The lowest BCUT2D eigenvalue weighted by molar-refractivity contribution is 0.0649. The molecule has 3 rings (SSSR count). The topological polar surface area (TPSA) is 86.0 Å². The van der Waals surface area contributed by atoms with Crippen molar-refractivity contribution in [3.63, 3.8) is 0 Å². The molecule has 3 aromatic heterocycles. The summed E-state index contributed by atoms with van der Waals surface area (Å²) < 4.78 is 6.62. The van der Waals surface area contributed by atoms with Gasteiger partial charge >= 0.3 is 0 Å². The maximum Gasteiger partial charge on any atom is 0.274 e. The van der Waals surface area contributed by atoms with Gasteiger partial charge in [-0.3, -0.25) is 9.78 Å². The average molecular weight is 366 g/mol. The lowest BCUT2D eigenvalue weighted by Crippen LogP contribution is -2.42. The molecule has 0 radical (unpaired) electrons. The molecule has 0 fully saturated rings. The van der Waals surface area contributed by atoms with Crippen molar-refractivity contribution in [3.8, 4) is 23.1 Å².